The molecule has 1 N–H and O–H groups in total. The molecular weight excluding hydrogens is 242 g/mol. The molecule has 19 heavy (non-hydrogen) atoms. The highest BCUT2D eigenvalue weighted by molar-refractivity contribution is 5.66. The zero-order valence-corrected chi connectivity index (χ0v) is 11.3. The van der Waals surface area contributed by atoms with E-state index < -0.39 is 5.97 Å². The van der Waals surface area contributed by atoms with Gasteiger partial charge in [0.2, 0.25) is 0 Å². The summed E-state index contributed by atoms with van der Waals surface area (Å²) in [6, 6.07) is 6.11. The highest BCUT2D eigenvalue weighted by atomic mass is 16.4. The number of carboxylic acid groups (broad SMARTS) is 1. The van der Waals surface area contributed by atoms with Gasteiger partial charge in [0.1, 0.15) is 11.6 Å². The Morgan fingerprint density at radius 1 is 1.32 bits per heavy atom. The minimum Gasteiger partial charge on any atom is -0.481 e. The number of hydrogen-bond acceptors (Lipinski definition) is 3. The quantitative estimate of drug-likeness (QED) is 0.914. The van der Waals surface area contributed by atoms with Crippen LogP contribution in [0.5, 0.6) is 0 Å². The van der Waals surface area contributed by atoms with Gasteiger partial charge in [0.05, 0.1) is 12.1 Å². The van der Waals surface area contributed by atoms with Gasteiger partial charge in [-0.1, -0.05) is 12.1 Å². The number of nitrogens with zero attached hydrogens (tertiary/aromatic N) is 3. The Kier molecular flexibility index (Phi) is 3.64. The number of carbonyl (C=O) groups is 1. The Morgan fingerprint density at radius 2 is 2.05 bits per heavy atom. The molecule has 0 atom stereocenters. The van der Waals surface area contributed by atoms with Crippen molar-refractivity contribution in [1.29, 1.82) is 0 Å². The molecule has 0 amide bonds. The second kappa shape index (κ2) is 5.22. The van der Waals surface area contributed by atoms with Crippen LogP contribution in [0.15, 0.2) is 18.2 Å². The van der Waals surface area contributed by atoms with Gasteiger partial charge in [-0.3, -0.25) is 4.79 Å². The smallest absolute Gasteiger partial charge is 0.303 e. The van der Waals surface area contributed by atoms with Crippen LogP contribution in [0.3, 0.4) is 0 Å². The number of aromatic nitrogens is 3. The molecule has 0 aliphatic rings. The first kappa shape index (κ1) is 13.3. The lowest BCUT2D eigenvalue weighted by atomic mass is 10.1. The second-order valence-electron chi connectivity index (χ2n) is 4.67. The number of aliphatic carboxylic acids is 1. The monoisotopic (exact) mass is 259 g/mol. The summed E-state index contributed by atoms with van der Waals surface area (Å²) in [7, 11) is 0. The molecule has 0 aliphatic carbocycles. The molecule has 1 aromatic heterocycles. The van der Waals surface area contributed by atoms with Crippen LogP contribution in [0.25, 0.3) is 5.69 Å². The summed E-state index contributed by atoms with van der Waals surface area (Å²) in [5, 5.41) is 13.2. The highest BCUT2D eigenvalue weighted by Gasteiger charge is 2.12. The summed E-state index contributed by atoms with van der Waals surface area (Å²) in [4.78, 5) is 15.0. The Morgan fingerprint density at radius 3 is 2.74 bits per heavy atom. The maximum Gasteiger partial charge on any atom is 0.303 e. The van der Waals surface area contributed by atoms with Crippen molar-refractivity contribution in [2.45, 2.75) is 33.6 Å². The average molecular weight is 259 g/mol. The van der Waals surface area contributed by atoms with Gasteiger partial charge in [-0.15, -0.1) is 0 Å². The predicted octanol–water partition coefficient (Wildman–Crippen LogP) is 2.21. The van der Waals surface area contributed by atoms with Gasteiger partial charge in [0.15, 0.2) is 0 Å². The molecule has 0 spiro atoms. The second-order valence-corrected chi connectivity index (χ2v) is 4.67. The third-order valence-electron chi connectivity index (χ3n) is 2.94. The molecule has 0 saturated carbocycles. The van der Waals surface area contributed by atoms with Gasteiger partial charge in [-0.05, 0) is 38.0 Å². The maximum absolute atomic E-state index is 10.7. The standard InChI is InChI=1S/C14H17N3O2/c1-9-4-5-10(2)12(8-9)17-13(6-7-14(18)19)15-11(3)16-17/h4-5,8H,6-7H2,1-3H3,(H,18,19). The van der Waals surface area contributed by atoms with E-state index in [2.05, 4.69) is 10.1 Å². The summed E-state index contributed by atoms with van der Waals surface area (Å²) in [6.45, 7) is 5.84. The lowest BCUT2D eigenvalue weighted by Crippen LogP contribution is -2.07. The van der Waals surface area contributed by atoms with Crippen molar-refractivity contribution in [3.8, 4) is 5.69 Å². The molecule has 0 aliphatic heterocycles. The minimum atomic E-state index is -0.826. The first-order chi connectivity index (χ1) is 8.97. The third kappa shape index (κ3) is 2.99. The van der Waals surface area contributed by atoms with E-state index in [-0.39, 0.29) is 6.42 Å². The van der Waals surface area contributed by atoms with Crippen molar-refractivity contribution in [2.75, 3.05) is 0 Å². The molecule has 0 bridgehead atoms. The molecule has 1 aromatic carbocycles. The molecule has 5 nitrogen and oxygen atoms in total. The molecule has 0 fully saturated rings. The van der Waals surface area contributed by atoms with Crippen LogP contribution in [0, 0.1) is 20.8 Å². The minimum absolute atomic E-state index is 0.0585. The largest absolute Gasteiger partial charge is 0.481 e. The van der Waals surface area contributed by atoms with Crippen molar-refractivity contribution >= 4 is 5.97 Å². The number of carboxylic acids is 1. The lowest BCUT2D eigenvalue weighted by molar-refractivity contribution is -0.137. The normalized spacial score (nSPS) is 10.7. The maximum atomic E-state index is 10.7. The van der Waals surface area contributed by atoms with E-state index in [4.69, 9.17) is 5.11 Å². The highest BCUT2D eigenvalue weighted by Crippen LogP contribution is 2.17. The van der Waals surface area contributed by atoms with Crippen LogP contribution < -0.4 is 0 Å². The van der Waals surface area contributed by atoms with Gasteiger partial charge in [-0.2, -0.15) is 5.10 Å². The van der Waals surface area contributed by atoms with Gasteiger partial charge < -0.3 is 5.11 Å². The van der Waals surface area contributed by atoms with Crippen molar-refractivity contribution in [2.24, 2.45) is 0 Å². The molecule has 5 heteroatoms. The SMILES string of the molecule is Cc1ccc(C)c(-n2nc(C)nc2CCC(=O)O)c1. The van der Waals surface area contributed by atoms with Crippen LogP contribution in [0.2, 0.25) is 0 Å². The van der Waals surface area contributed by atoms with Crippen molar-refractivity contribution in [1.82, 2.24) is 14.8 Å². The third-order valence-corrected chi connectivity index (χ3v) is 2.94. The average Bonchev–Trinajstić information content (AvgIpc) is 2.71. The molecule has 1 heterocycles. The Balaban J connectivity index is 2.43. The summed E-state index contributed by atoms with van der Waals surface area (Å²) in [5.41, 5.74) is 3.19. The molecule has 2 aromatic rings. The molecule has 100 valence electrons. The van der Waals surface area contributed by atoms with Gasteiger partial charge in [0.25, 0.3) is 0 Å². The summed E-state index contributed by atoms with van der Waals surface area (Å²) >= 11 is 0. The van der Waals surface area contributed by atoms with E-state index >= 15 is 0 Å². The number of aryl methyl sites for hydroxylation is 4. The molecule has 0 radical (unpaired) electrons. The molecule has 0 unspecified atom stereocenters. The van der Waals surface area contributed by atoms with Crippen LogP contribution in [0.1, 0.15) is 29.2 Å². The molecule has 0 saturated heterocycles. The van der Waals surface area contributed by atoms with Gasteiger partial charge in [-0.25, -0.2) is 9.67 Å². The van der Waals surface area contributed by atoms with Crippen molar-refractivity contribution in [3.05, 3.63) is 41.0 Å². The Hall–Kier alpha value is -2.17. The summed E-state index contributed by atoms with van der Waals surface area (Å²) in [6.07, 6.45) is 0.437. The predicted molar refractivity (Wildman–Crippen MR) is 71.5 cm³/mol. The summed E-state index contributed by atoms with van der Waals surface area (Å²) in [5.74, 6) is 0.517. The van der Waals surface area contributed by atoms with E-state index in [1.807, 2.05) is 39.0 Å². The van der Waals surface area contributed by atoms with E-state index in [9.17, 15) is 4.79 Å². The topological polar surface area (TPSA) is 68.0 Å². The van der Waals surface area contributed by atoms with Gasteiger partial charge >= 0.3 is 5.97 Å². The van der Waals surface area contributed by atoms with Crippen LogP contribution >= 0.6 is 0 Å². The van der Waals surface area contributed by atoms with Crippen LogP contribution in [-0.4, -0.2) is 25.8 Å². The Bertz CT molecular complexity index is 617. The fourth-order valence-electron chi connectivity index (χ4n) is 1.98. The van der Waals surface area contributed by atoms with Gasteiger partial charge in [0, 0.05) is 6.42 Å². The van der Waals surface area contributed by atoms with E-state index in [0.29, 0.717) is 18.1 Å². The molecule has 2 rings (SSSR count). The van der Waals surface area contributed by atoms with Crippen LogP contribution in [0.4, 0.5) is 0 Å². The zero-order valence-electron chi connectivity index (χ0n) is 11.3. The van der Waals surface area contributed by atoms with E-state index in [0.717, 1.165) is 16.8 Å². The van der Waals surface area contributed by atoms with Crippen molar-refractivity contribution in [3.63, 3.8) is 0 Å². The number of rotatable bonds is 4. The Labute approximate surface area is 111 Å². The van der Waals surface area contributed by atoms with Crippen LogP contribution in [-0.2, 0) is 11.2 Å². The van der Waals surface area contributed by atoms with E-state index in [1.54, 1.807) is 4.68 Å². The zero-order chi connectivity index (χ0) is 14.0. The number of benzene rings is 1. The fraction of sp³-hybridized carbons (Fsp3) is 0.357. The molecular formula is C14H17N3O2. The first-order valence-corrected chi connectivity index (χ1v) is 6.19. The fourth-order valence-corrected chi connectivity index (χ4v) is 1.98. The first-order valence-electron chi connectivity index (χ1n) is 6.19. The van der Waals surface area contributed by atoms with E-state index in [1.165, 1.54) is 0 Å². The van der Waals surface area contributed by atoms with Crippen molar-refractivity contribution < 1.29 is 9.90 Å². The summed E-state index contributed by atoms with van der Waals surface area (Å²) < 4.78 is 1.75. The number of hydrogen-bond donors (Lipinski definition) is 1. The lowest BCUT2D eigenvalue weighted by Gasteiger charge is -2.09.